The predicted molar refractivity (Wildman–Crippen MR) is 181 cm³/mol. The first-order chi connectivity index (χ1) is 23.1. The lowest BCUT2D eigenvalue weighted by molar-refractivity contribution is 0.0941. The number of aryl methyl sites for hydroxylation is 1. The summed E-state index contributed by atoms with van der Waals surface area (Å²) in [5.41, 5.74) is 4.01. The van der Waals surface area contributed by atoms with Crippen LogP contribution in [-0.2, 0) is 23.8 Å². The molecule has 0 saturated heterocycles. The van der Waals surface area contributed by atoms with Crippen LogP contribution in [0, 0.1) is 11.8 Å². The smallest absolute Gasteiger partial charge is 0.300 e. The van der Waals surface area contributed by atoms with Crippen LogP contribution in [0.5, 0.6) is 0 Å². The zero-order valence-corrected chi connectivity index (χ0v) is 27.2. The third kappa shape index (κ3) is 5.22. The summed E-state index contributed by atoms with van der Waals surface area (Å²) in [5, 5.41) is 12.7. The lowest BCUT2D eigenvalue weighted by Crippen LogP contribution is -2.34. The summed E-state index contributed by atoms with van der Waals surface area (Å²) >= 11 is 0. The number of fused-ring (bicyclic) bond motifs is 1. The topological polar surface area (TPSA) is 161 Å². The SMILES string of the molecule is CNS(=O)(=O)Nc1nn2cccnc2c1C(=O)N[C@H](C)c1c2c3c(ccc(C#Cc4cnn(C)c4)c3c(=O)n1-c1ccccc1)N(C)C2. The standard InChI is InChI=1S/C33H30N10O4S/c1-20(37-32(44)28-30(39-48(46,47)34-2)38-42-16-8-15-35-31(28)42)29-24-19-40(3)25-14-13-22(12-11-21-17-36-41(4)18-21)26(27(24)25)33(45)43(29)23-9-6-5-7-10-23/h5-10,13-18,20,34H,19H2,1-4H3,(H,37,44)(H,38,39)/t20-/m1/s1. The number of anilines is 2. The quantitative estimate of drug-likeness (QED) is 0.220. The van der Waals surface area contributed by atoms with Gasteiger partial charge in [-0.3, -0.25) is 23.6 Å². The molecular formula is C33H30N10O4S. The zero-order chi connectivity index (χ0) is 33.7. The van der Waals surface area contributed by atoms with Crippen molar-refractivity contribution >= 4 is 44.0 Å². The zero-order valence-electron chi connectivity index (χ0n) is 26.4. The molecule has 15 heteroatoms. The van der Waals surface area contributed by atoms with Crippen LogP contribution in [-0.4, -0.2) is 57.4 Å². The van der Waals surface area contributed by atoms with Crippen LogP contribution in [0.25, 0.3) is 22.1 Å². The van der Waals surface area contributed by atoms with Gasteiger partial charge in [0.2, 0.25) is 0 Å². The minimum Gasteiger partial charge on any atom is -0.370 e. The molecule has 2 aromatic carbocycles. The maximum Gasteiger partial charge on any atom is 0.300 e. The van der Waals surface area contributed by atoms with Crippen molar-refractivity contribution in [2.24, 2.45) is 7.05 Å². The Labute approximate surface area is 275 Å². The molecule has 0 bridgehead atoms. The highest BCUT2D eigenvalue weighted by Crippen LogP contribution is 2.40. The number of rotatable bonds is 7. The van der Waals surface area contributed by atoms with Gasteiger partial charge in [0.25, 0.3) is 21.7 Å². The maximum atomic E-state index is 14.7. The third-order valence-electron chi connectivity index (χ3n) is 8.20. The molecular weight excluding hydrogens is 632 g/mol. The van der Waals surface area contributed by atoms with Crippen LogP contribution in [0.1, 0.15) is 45.7 Å². The minimum atomic E-state index is -4.02. The van der Waals surface area contributed by atoms with Gasteiger partial charge in [-0.1, -0.05) is 30.0 Å². The highest BCUT2D eigenvalue weighted by Gasteiger charge is 2.32. The van der Waals surface area contributed by atoms with Gasteiger partial charge in [0, 0.05) is 74.2 Å². The van der Waals surface area contributed by atoms with Gasteiger partial charge >= 0.3 is 0 Å². The largest absolute Gasteiger partial charge is 0.370 e. The van der Waals surface area contributed by atoms with Gasteiger partial charge in [-0.25, -0.2) is 14.2 Å². The molecule has 1 aliphatic heterocycles. The van der Waals surface area contributed by atoms with E-state index in [1.807, 2.05) is 56.6 Å². The average molecular weight is 663 g/mol. The van der Waals surface area contributed by atoms with Crippen LogP contribution >= 0.6 is 0 Å². The Balaban J connectivity index is 1.41. The number of pyridine rings is 1. The molecule has 0 unspecified atom stereocenters. The Morgan fingerprint density at radius 3 is 2.56 bits per heavy atom. The van der Waals surface area contributed by atoms with Crippen molar-refractivity contribution in [3.8, 4) is 17.5 Å². The summed E-state index contributed by atoms with van der Waals surface area (Å²) in [6.07, 6.45) is 6.51. The van der Waals surface area contributed by atoms with Crippen LogP contribution in [0.3, 0.4) is 0 Å². The number of carbonyl (C=O) groups is 1. The molecule has 6 aromatic rings. The molecule has 3 N–H and O–H groups in total. The molecule has 0 aliphatic carbocycles. The first-order valence-corrected chi connectivity index (χ1v) is 16.4. The third-order valence-corrected chi connectivity index (χ3v) is 9.20. The fourth-order valence-electron chi connectivity index (χ4n) is 6.10. The van der Waals surface area contributed by atoms with E-state index >= 15 is 0 Å². The molecule has 0 saturated carbocycles. The van der Waals surface area contributed by atoms with Gasteiger partial charge in [0.15, 0.2) is 11.5 Å². The molecule has 5 heterocycles. The molecule has 1 atom stereocenters. The van der Waals surface area contributed by atoms with Gasteiger partial charge in [0.1, 0.15) is 5.56 Å². The molecule has 14 nitrogen and oxygen atoms in total. The van der Waals surface area contributed by atoms with E-state index in [2.05, 4.69) is 46.7 Å². The number of nitrogens with one attached hydrogen (secondary N) is 3. The van der Waals surface area contributed by atoms with Crippen molar-refractivity contribution in [1.29, 1.82) is 0 Å². The molecule has 242 valence electrons. The Morgan fingerprint density at radius 2 is 1.83 bits per heavy atom. The lowest BCUT2D eigenvalue weighted by atomic mass is 9.97. The summed E-state index contributed by atoms with van der Waals surface area (Å²) in [4.78, 5) is 35.1. The van der Waals surface area contributed by atoms with Crippen LogP contribution in [0.15, 0.2) is 78.1 Å². The van der Waals surface area contributed by atoms with Crippen molar-refractivity contribution in [3.63, 3.8) is 0 Å². The number of carbonyl (C=O) groups excluding carboxylic acids is 1. The number of amides is 1. The number of hydrogen-bond acceptors (Lipinski definition) is 8. The summed E-state index contributed by atoms with van der Waals surface area (Å²) < 4.78 is 33.9. The Morgan fingerprint density at radius 1 is 1.04 bits per heavy atom. The second-order valence-corrected chi connectivity index (χ2v) is 13.0. The first-order valence-electron chi connectivity index (χ1n) is 14.9. The van der Waals surface area contributed by atoms with E-state index < -0.39 is 22.2 Å². The molecule has 0 radical (unpaired) electrons. The van der Waals surface area contributed by atoms with E-state index in [9.17, 15) is 18.0 Å². The number of nitrogens with zero attached hydrogens (tertiary/aromatic N) is 7. The lowest BCUT2D eigenvalue weighted by Gasteiger charge is -2.23. The van der Waals surface area contributed by atoms with Crippen LogP contribution in [0.2, 0.25) is 0 Å². The number of hydrogen-bond donors (Lipinski definition) is 3. The molecule has 7 rings (SSSR count). The second kappa shape index (κ2) is 11.7. The van der Waals surface area contributed by atoms with E-state index in [0.29, 0.717) is 28.9 Å². The van der Waals surface area contributed by atoms with Crippen molar-refractivity contribution in [2.75, 3.05) is 23.7 Å². The molecule has 0 spiro atoms. The highest BCUT2D eigenvalue weighted by atomic mass is 32.2. The molecule has 4 aromatic heterocycles. The van der Waals surface area contributed by atoms with Crippen LogP contribution in [0.4, 0.5) is 11.5 Å². The van der Waals surface area contributed by atoms with Crippen molar-refractivity contribution < 1.29 is 13.2 Å². The first kappa shape index (κ1) is 30.7. The van der Waals surface area contributed by atoms with Gasteiger partial charge in [-0.15, -0.1) is 5.10 Å². The number of para-hydroxylation sites is 1. The Kier molecular flexibility index (Phi) is 7.46. The predicted octanol–water partition coefficient (Wildman–Crippen LogP) is 2.48. The fraction of sp³-hybridized carbons (Fsp3) is 0.182. The Bertz CT molecular complexity index is 2490. The Hall–Kier alpha value is -5.98. The summed E-state index contributed by atoms with van der Waals surface area (Å²) in [6.45, 7) is 2.26. The van der Waals surface area contributed by atoms with Gasteiger partial charge in [-0.2, -0.15) is 13.5 Å². The number of benzene rings is 2. The van der Waals surface area contributed by atoms with Crippen molar-refractivity contribution in [3.05, 3.63) is 112 Å². The average Bonchev–Trinajstić information content (AvgIpc) is 3.76. The molecule has 1 aliphatic rings. The normalized spacial score (nSPS) is 13.0. The van der Waals surface area contributed by atoms with E-state index in [1.165, 1.54) is 17.8 Å². The van der Waals surface area contributed by atoms with Gasteiger partial charge < -0.3 is 10.2 Å². The molecule has 48 heavy (non-hydrogen) atoms. The molecule has 1 amide bonds. The monoisotopic (exact) mass is 662 g/mol. The molecule has 0 fully saturated rings. The van der Waals surface area contributed by atoms with Gasteiger partial charge in [-0.05, 0) is 37.3 Å². The minimum absolute atomic E-state index is 0.0714. The van der Waals surface area contributed by atoms with Crippen LogP contribution < -0.4 is 25.2 Å². The highest BCUT2D eigenvalue weighted by molar-refractivity contribution is 7.90. The van der Waals surface area contributed by atoms with Crippen molar-refractivity contribution in [2.45, 2.75) is 19.5 Å². The van der Waals surface area contributed by atoms with Crippen molar-refractivity contribution in [1.82, 2.24) is 39.0 Å². The van der Waals surface area contributed by atoms with E-state index in [-0.39, 0.29) is 22.6 Å². The maximum absolute atomic E-state index is 14.7. The number of aromatic nitrogens is 6. The van der Waals surface area contributed by atoms with E-state index in [0.717, 1.165) is 22.2 Å². The van der Waals surface area contributed by atoms with E-state index in [1.54, 1.807) is 40.8 Å². The summed E-state index contributed by atoms with van der Waals surface area (Å²) in [7, 11) is 0.988. The van der Waals surface area contributed by atoms with Gasteiger partial charge in [0.05, 0.1) is 28.9 Å². The summed E-state index contributed by atoms with van der Waals surface area (Å²) in [6, 6.07) is 13.9. The fourth-order valence-corrected chi connectivity index (χ4v) is 6.60. The van der Waals surface area contributed by atoms with E-state index in [4.69, 9.17) is 0 Å². The second-order valence-electron chi connectivity index (χ2n) is 11.3. The summed E-state index contributed by atoms with van der Waals surface area (Å²) in [5.74, 6) is 5.50.